The number of hydrogen-bond acceptors (Lipinski definition) is 2. The summed E-state index contributed by atoms with van der Waals surface area (Å²) in [5.74, 6) is 1.67. The van der Waals surface area contributed by atoms with Crippen LogP contribution in [-0.2, 0) is 0 Å². The SMILES string of the molecule is Brc1ccc2c(c1)OC[C@H](CI)O2. The molecule has 0 saturated carbocycles. The Kier molecular flexibility index (Phi) is 2.98. The maximum atomic E-state index is 5.68. The molecule has 1 heterocycles. The van der Waals surface area contributed by atoms with E-state index in [0.29, 0.717) is 6.61 Å². The van der Waals surface area contributed by atoms with Gasteiger partial charge in [0.1, 0.15) is 12.7 Å². The Morgan fingerprint density at radius 2 is 2.31 bits per heavy atom. The summed E-state index contributed by atoms with van der Waals surface area (Å²) in [6, 6.07) is 5.81. The van der Waals surface area contributed by atoms with E-state index >= 15 is 0 Å². The summed E-state index contributed by atoms with van der Waals surface area (Å²) in [5, 5.41) is 0. The molecular formula is C9H8BrIO2. The molecule has 2 nitrogen and oxygen atoms in total. The minimum atomic E-state index is 0.189. The Morgan fingerprint density at radius 3 is 3.08 bits per heavy atom. The topological polar surface area (TPSA) is 18.5 Å². The fraction of sp³-hybridized carbons (Fsp3) is 0.333. The van der Waals surface area contributed by atoms with Crippen LogP contribution in [0.25, 0.3) is 0 Å². The number of alkyl halides is 1. The number of ether oxygens (including phenoxy) is 2. The van der Waals surface area contributed by atoms with Crippen LogP contribution in [0.2, 0.25) is 0 Å². The van der Waals surface area contributed by atoms with Gasteiger partial charge in [-0.15, -0.1) is 0 Å². The Bertz CT molecular complexity index is 316. The standard InChI is InChI=1S/C9H8BrIO2/c10-6-1-2-8-9(3-6)12-5-7(4-11)13-8/h1-3,7H,4-5H2/t7-/m0/s1. The minimum Gasteiger partial charge on any atom is -0.486 e. The predicted molar refractivity (Wildman–Crippen MR) is 62.9 cm³/mol. The van der Waals surface area contributed by atoms with Crippen LogP contribution in [-0.4, -0.2) is 17.1 Å². The molecule has 0 bridgehead atoms. The highest BCUT2D eigenvalue weighted by Crippen LogP contribution is 2.34. The second-order valence-corrected chi connectivity index (χ2v) is 4.59. The first-order valence-electron chi connectivity index (χ1n) is 3.94. The van der Waals surface area contributed by atoms with Crippen LogP contribution in [0, 0.1) is 0 Å². The average molecular weight is 355 g/mol. The summed E-state index contributed by atoms with van der Waals surface area (Å²) < 4.78 is 13.2. The van der Waals surface area contributed by atoms with Crippen LogP contribution in [0.4, 0.5) is 0 Å². The zero-order chi connectivity index (χ0) is 9.26. The fourth-order valence-corrected chi connectivity index (χ4v) is 1.94. The van der Waals surface area contributed by atoms with Gasteiger partial charge in [-0.3, -0.25) is 0 Å². The van der Waals surface area contributed by atoms with Crippen molar-refractivity contribution in [1.82, 2.24) is 0 Å². The first-order valence-corrected chi connectivity index (χ1v) is 6.26. The lowest BCUT2D eigenvalue weighted by Gasteiger charge is -2.25. The second-order valence-electron chi connectivity index (χ2n) is 2.80. The summed E-state index contributed by atoms with van der Waals surface area (Å²) in [6.45, 7) is 0.645. The Morgan fingerprint density at radius 1 is 1.46 bits per heavy atom. The molecule has 0 aliphatic carbocycles. The highest BCUT2D eigenvalue weighted by molar-refractivity contribution is 14.1. The zero-order valence-electron chi connectivity index (χ0n) is 6.80. The van der Waals surface area contributed by atoms with Crippen LogP contribution in [0.3, 0.4) is 0 Å². The van der Waals surface area contributed by atoms with E-state index in [0.717, 1.165) is 20.4 Å². The van der Waals surface area contributed by atoms with Crippen molar-refractivity contribution in [1.29, 1.82) is 0 Å². The van der Waals surface area contributed by atoms with Crippen molar-refractivity contribution in [2.24, 2.45) is 0 Å². The second kappa shape index (κ2) is 4.04. The molecule has 4 heteroatoms. The number of hydrogen-bond donors (Lipinski definition) is 0. The van der Waals surface area contributed by atoms with Gasteiger partial charge in [-0.1, -0.05) is 38.5 Å². The Balaban J connectivity index is 2.26. The van der Waals surface area contributed by atoms with Crippen molar-refractivity contribution < 1.29 is 9.47 Å². The van der Waals surface area contributed by atoms with Crippen molar-refractivity contribution in [3.63, 3.8) is 0 Å². The largest absolute Gasteiger partial charge is 0.486 e. The van der Waals surface area contributed by atoms with Gasteiger partial charge in [0.15, 0.2) is 11.5 Å². The van der Waals surface area contributed by atoms with Crippen LogP contribution in [0.15, 0.2) is 22.7 Å². The molecule has 0 N–H and O–H groups in total. The number of fused-ring (bicyclic) bond motifs is 1. The van der Waals surface area contributed by atoms with Gasteiger partial charge in [-0.05, 0) is 18.2 Å². The maximum Gasteiger partial charge on any atom is 0.162 e. The molecule has 2 rings (SSSR count). The van der Waals surface area contributed by atoms with Gasteiger partial charge in [0.25, 0.3) is 0 Å². The molecule has 70 valence electrons. The molecule has 1 aromatic rings. The fourth-order valence-electron chi connectivity index (χ4n) is 1.16. The van der Waals surface area contributed by atoms with Gasteiger partial charge in [-0.2, -0.15) is 0 Å². The predicted octanol–water partition coefficient (Wildman–Crippen LogP) is 3.02. The third-order valence-electron chi connectivity index (χ3n) is 1.80. The molecule has 0 fully saturated rings. The van der Waals surface area contributed by atoms with E-state index < -0.39 is 0 Å². The van der Waals surface area contributed by atoms with Crippen molar-refractivity contribution in [3.8, 4) is 11.5 Å². The van der Waals surface area contributed by atoms with Gasteiger partial charge in [0.05, 0.1) is 0 Å². The molecule has 0 saturated heterocycles. The monoisotopic (exact) mass is 354 g/mol. The molecule has 1 atom stereocenters. The summed E-state index contributed by atoms with van der Waals surface area (Å²) >= 11 is 5.68. The molecule has 0 spiro atoms. The number of rotatable bonds is 1. The van der Waals surface area contributed by atoms with Crippen LogP contribution < -0.4 is 9.47 Å². The lowest BCUT2D eigenvalue weighted by molar-refractivity contribution is 0.109. The summed E-state index contributed by atoms with van der Waals surface area (Å²) in [5.41, 5.74) is 0. The van der Waals surface area contributed by atoms with E-state index in [1.165, 1.54) is 0 Å². The van der Waals surface area contributed by atoms with Crippen molar-refractivity contribution in [3.05, 3.63) is 22.7 Å². The third kappa shape index (κ3) is 2.10. The number of halogens is 2. The Hall–Kier alpha value is 0.0300. The van der Waals surface area contributed by atoms with Gasteiger partial charge >= 0.3 is 0 Å². The maximum absolute atomic E-state index is 5.68. The van der Waals surface area contributed by atoms with Crippen LogP contribution in [0.5, 0.6) is 11.5 Å². The van der Waals surface area contributed by atoms with E-state index in [1.807, 2.05) is 18.2 Å². The number of benzene rings is 1. The molecule has 1 aliphatic heterocycles. The Labute approximate surface area is 98.9 Å². The lowest BCUT2D eigenvalue weighted by Crippen LogP contribution is -2.30. The normalized spacial score (nSPS) is 20.0. The zero-order valence-corrected chi connectivity index (χ0v) is 10.5. The van der Waals surface area contributed by atoms with Crippen molar-refractivity contribution in [2.75, 3.05) is 11.0 Å². The van der Waals surface area contributed by atoms with Crippen LogP contribution in [0.1, 0.15) is 0 Å². The summed E-state index contributed by atoms with van der Waals surface area (Å²) in [4.78, 5) is 0. The summed E-state index contributed by atoms with van der Waals surface area (Å²) in [7, 11) is 0. The third-order valence-corrected chi connectivity index (χ3v) is 3.27. The van der Waals surface area contributed by atoms with Gasteiger partial charge < -0.3 is 9.47 Å². The molecule has 13 heavy (non-hydrogen) atoms. The quantitative estimate of drug-likeness (QED) is 0.570. The van der Waals surface area contributed by atoms with Crippen molar-refractivity contribution in [2.45, 2.75) is 6.10 Å². The highest BCUT2D eigenvalue weighted by atomic mass is 127. The van der Waals surface area contributed by atoms with E-state index in [2.05, 4.69) is 38.5 Å². The molecule has 0 radical (unpaired) electrons. The minimum absolute atomic E-state index is 0.189. The average Bonchev–Trinajstić information content (AvgIpc) is 2.17. The van der Waals surface area contributed by atoms with Crippen molar-refractivity contribution >= 4 is 38.5 Å². The first-order chi connectivity index (χ1) is 6.29. The van der Waals surface area contributed by atoms with Gasteiger partial charge in [-0.25, -0.2) is 0 Å². The molecule has 0 amide bonds. The molecular weight excluding hydrogens is 347 g/mol. The summed E-state index contributed by atoms with van der Waals surface area (Å²) in [6.07, 6.45) is 0.189. The molecule has 0 unspecified atom stereocenters. The first kappa shape index (κ1) is 9.58. The lowest BCUT2D eigenvalue weighted by atomic mass is 10.3. The highest BCUT2D eigenvalue weighted by Gasteiger charge is 2.19. The van der Waals surface area contributed by atoms with Gasteiger partial charge in [0, 0.05) is 8.90 Å². The molecule has 1 aromatic carbocycles. The molecule has 0 aromatic heterocycles. The molecule has 1 aliphatic rings. The van der Waals surface area contributed by atoms with E-state index in [4.69, 9.17) is 9.47 Å². The van der Waals surface area contributed by atoms with E-state index in [9.17, 15) is 0 Å². The van der Waals surface area contributed by atoms with Crippen LogP contribution >= 0.6 is 38.5 Å². The van der Waals surface area contributed by atoms with Gasteiger partial charge in [0.2, 0.25) is 0 Å². The smallest absolute Gasteiger partial charge is 0.162 e. The van der Waals surface area contributed by atoms with E-state index in [-0.39, 0.29) is 6.10 Å². The van der Waals surface area contributed by atoms with E-state index in [1.54, 1.807) is 0 Å².